The van der Waals surface area contributed by atoms with E-state index in [1.165, 1.54) is 25.5 Å². The van der Waals surface area contributed by atoms with Crippen LogP contribution in [0.4, 0.5) is 11.5 Å². The van der Waals surface area contributed by atoms with Crippen LogP contribution in [-0.2, 0) is 9.53 Å². The smallest absolute Gasteiger partial charge is 0.344 e. The number of carbonyl (C=O) groups excluding carboxylic acids is 1. The van der Waals surface area contributed by atoms with Crippen LogP contribution in [0.2, 0.25) is 0 Å². The van der Waals surface area contributed by atoms with Crippen molar-refractivity contribution in [1.82, 2.24) is 4.98 Å². The molecule has 2 aromatic rings. The minimum atomic E-state index is -0.530. The first kappa shape index (κ1) is 19.6. The molecule has 2 rings (SSSR count). The lowest BCUT2D eigenvalue weighted by molar-refractivity contribution is -0.385. The van der Waals surface area contributed by atoms with Crippen molar-refractivity contribution >= 4 is 23.7 Å². The molecule has 0 saturated carbocycles. The first-order valence-electron chi connectivity index (χ1n) is 7.89. The van der Waals surface area contributed by atoms with Gasteiger partial charge in [-0.2, -0.15) is 5.10 Å². The molecule has 0 unspecified atom stereocenters. The SMILES string of the molecule is CCOC(=O)COc1ccc(/C=N/Nc2ccc([N+](=O)[O-])cn2)cc1OC. The highest BCUT2D eigenvalue weighted by Crippen LogP contribution is 2.27. The normalized spacial score (nSPS) is 10.4. The van der Waals surface area contributed by atoms with Gasteiger partial charge in [-0.25, -0.2) is 9.78 Å². The number of ether oxygens (including phenoxy) is 3. The monoisotopic (exact) mass is 374 g/mol. The second-order valence-corrected chi connectivity index (χ2v) is 5.03. The van der Waals surface area contributed by atoms with Gasteiger partial charge in [-0.15, -0.1) is 0 Å². The van der Waals surface area contributed by atoms with Gasteiger partial charge >= 0.3 is 5.97 Å². The van der Waals surface area contributed by atoms with Gasteiger partial charge in [-0.05, 0) is 36.8 Å². The largest absolute Gasteiger partial charge is 0.493 e. The quantitative estimate of drug-likeness (QED) is 0.307. The lowest BCUT2D eigenvalue weighted by Gasteiger charge is -2.10. The summed E-state index contributed by atoms with van der Waals surface area (Å²) in [5, 5.41) is 14.6. The molecule has 0 radical (unpaired) electrons. The van der Waals surface area contributed by atoms with Gasteiger partial charge in [0, 0.05) is 6.07 Å². The predicted molar refractivity (Wildman–Crippen MR) is 97.2 cm³/mol. The number of methoxy groups -OCH3 is 1. The molecule has 1 heterocycles. The Morgan fingerprint density at radius 2 is 2.15 bits per heavy atom. The molecular formula is C17H18N4O6. The van der Waals surface area contributed by atoms with E-state index < -0.39 is 10.9 Å². The van der Waals surface area contributed by atoms with Crippen molar-refractivity contribution < 1.29 is 23.9 Å². The summed E-state index contributed by atoms with van der Waals surface area (Å²) in [6.45, 7) is 1.78. The van der Waals surface area contributed by atoms with Gasteiger partial charge in [0.2, 0.25) is 0 Å². The van der Waals surface area contributed by atoms with Crippen LogP contribution in [0, 0.1) is 10.1 Å². The van der Waals surface area contributed by atoms with Crippen molar-refractivity contribution in [3.05, 3.63) is 52.2 Å². The van der Waals surface area contributed by atoms with Crippen LogP contribution in [0.5, 0.6) is 11.5 Å². The second-order valence-electron chi connectivity index (χ2n) is 5.03. The van der Waals surface area contributed by atoms with E-state index in [1.807, 2.05) is 0 Å². The van der Waals surface area contributed by atoms with E-state index in [0.29, 0.717) is 22.9 Å². The molecule has 10 nitrogen and oxygen atoms in total. The number of nitrogens with zero attached hydrogens (tertiary/aromatic N) is 3. The van der Waals surface area contributed by atoms with Crippen molar-refractivity contribution in [1.29, 1.82) is 0 Å². The zero-order valence-electron chi connectivity index (χ0n) is 14.7. The van der Waals surface area contributed by atoms with Crippen LogP contribution in [0.15, 0.2) is 41.6 Å². The first-order valence-corrected chi connectivity index (χ1v) is 7.89. The fourth-order valence-electron chi connectivity index (χ4n) is 1.96. The molecule has 0 bridgehead atoms. The number of carbonyl (C=O) groups is 1. The summed E-state index contributed by atoms with van der Waals surface area (Å²) in [5.74, 6) is 0.715. The topological polar surface area (TPSA) is 125 Å². The zero-order valence-corrected chi connectivity index (χ0v) is 14.7. The van der Waals surface area contributed by atoms with Crippen LogP contribution >= 0.6 is 0 Å². The maximum absolute atomic E-state index is 11.4. The lowest BCUT2D eigenvalue weighted by Crippen LogP contribution is -2.14. The molecule has 1 aromatic heterocycles. The molecule has 0 fully saturated rings. The van der Waals surface area contributed by atoms with E-state index in [9.17, 15) is 14.9 Å². The van der Waals surface area contributed by atoms with Crippen LogP contribution in [0.3, 0.4) is 0 Å². The van der Waals surface area contributed by atoms with Crippen molar-refractivity contribution in [2.24, 2.45) is 5.10 Å². The highest BCUT2D eigenvalue weighted by molar-refractivity contribution is 5.81. The number of benzene rings is 1. The molecule has 0 aliphatic carbocycles. The zero-order chi connectivity index (χ0) is 19.6. The molecule has 27 heavy (non-hydrogen) atoms. The predicted octanol–water partition coefficient (Wildman–Crippen LogP) is 2.39. The summed E-state index contributed by atoms with van der Waals surface area (Å²) in [5.41, 5.74) is 3.26. The van der Waals surface area contributed by atoms with Crippen molar-refractivity contribution in [2.75, 3.05) is 25.7 Å². The number of nitro groups is 1. The Morgan fingerprint density at radius 3 is 2.78 bits per heavy atom. The second kappa shape index (κ2) is 9.70. The Bertz CT molecular complexity index is 823. The fraction of sp³-hybridized carbons (Fsp3) is 0.235. The van der Waals surface area contributed by atoms with Gasteiger partial charge in [0.05, 0.1) is 24.9 Å². The Balaban J connectivity index is 1.98. The number of anilines is 1. The standard InChI is InChI=1S/C17H18N4O6/c1-3-26-17(22)11-27-14-6-4-12(8-15(14)25-2)9-19-20-16-7-5-13(10-18-16)21(23)24/h4-10H,3,11H2,1-2H3,(H,18,20)/b19-9+. The molecule has 1 aromatic carbocycles. The van der Waals surface area contributed by atoms with Crippen LogP contribution in [0.1, 0.15) is 12.5 Å². The van der Waals surface area contributed by atoms with Crippen LogP contribution in [-0.4, -0.2) is 42.4 Å². The van der Waals surface area contributed by atoms with E-state index in [0.717, 1.165) is 6.20 Å². The molecular weight excluding hydrogens is 356 g/mol. The minimum Gasteiger partial charge on any atom is -0.493 e. The van der Waals surface area contributed by atoms with Gasteiger partial charge in [0.25, 0.3) is 5.69 Å². The van der Waals surface area contributed by atoms with Crippen LogP contribution < -0.4 is 14.9 Å². The van der Waals surface area contributed by atoms with Crippen molar-refractivity contribution in [3.8, 4) is 11.5 Å². The molecule has 1 N–H and O–H groups in total. The summed E-state index contributed by atoms with van der Waals surface area (Å²) in [7, 11) is 1.48. The number of nitrogens with one attached hydrogen (secondary N) is 1. The molecule has 0 amide bonds. The maximum atomic E-state index is 11.4. The van der Waals surface area contributed by atoms with Crippen molar-refractivity contribution in [3.63, 3.8) is 0 Å². The average Bonchev–Trinajstić information content (AvgIpc) is 2.67. The van der Waals surface area contributed by atoms with Gasteiger partial charge in [0.15, 0.2) is 18.1 Å². The number of esters is 1. The minimum absolute atomic E-state index is 0.104. The van der Waals surface area contributed by atoms with Crippen LogP contribution in [0.25, 0.3) is 0 Å². The summed E-state index contributed by atoms with van der Waals surface area (Å²) in [4.78, 5) is 25.3. The average molecular weight is 374 g/mol. The summed E-state index contributed by atoms with van der Waals surface area (Å²) < 4.78 is 15.4. The summed E-state index contributed by atoms with van der Waals surface area (Å²) >= 11 is 0. The molecule has 142 valence electrons. The third-order valence-electron chi connectivity index (χ3n) is 3.19. The van der Waals surface area contributed by atoms with Gasteiger partial charge in [0.1, 0.15) is 12.0 Å². The Labute approximate surface area is 154 Å². The van der Waals surface area contributed by atoms with E-state index in [1.54, 1.807) is 25.1 Å². The summed E-state index contributed by atoms with van der Waals surface area (Å²) in [6.07, 6.45) is 2.65. The van der Waals surface area contributed by atoms with Gasteiger partial charge in [-0.1, -0.05) is 0 Å². The number of aromatic nitrogens is 1. The van der Waals surface area contributed by atoms with E-state index in [4.69, 9.17) is 14.2 Å². The van der Waals surface area contributed by atoms with Crippen molar-refractivity contribution in [2.45, 2.75) is 6.92 Å². The molecule has 0 aliphatic rings. The molecule has 0 spiro atoms. The summed E-state index contributed by atoms with van der Waals surface area (Å²) in [6, 6.07) is 7.81. The fourth-order valence-corrected chi connectivity index (χ4v) is 1.96. The molecule has 10 heteroatoms. The number of pyridine rings is 1. The number of hydrazone groups is 1. The Hall–Kier alpha value is -3.69. The first-order chi connectivity index (χ1) is 13.0. The molecule has 0 saturated heterocycles. The molecule has 0 atom stereocenters. The third kappa shape index (κ3) is 5.96. The van der Waals surface area contributed by atoms with E-state index in [2.05, 4.69) is 15.5 Å². The highest BCUT2D eigenvalue weighted by Gasteiger charge is 2.09. The number of hydrogen-bond donors (Lipinski definition) is 1. The van der Waals surface area contributed by atoms with E-state index in [-0.39, 0.29) is 18.9 Å². The lowest BCUT2D eigenvalue weighted by atomic mass is 10.2. The van der Waals surface area contributed by atoms with E-state index >= 15 is 0 Å². The highest BCUT2D eigenvalue weighted by atomic mass is 16.6. The number of rotatable bonds is 9. The molecule has 0 aliphatic heterocycles. The Morgan fingerprint density at radius 1 is 1.33 bits per heavy atom. The maximum Gasteiger partial charge on any atom is 0.344 e. The van der Waals surface area contributed by atoms with Gasteiger partial charge in [-0.3, -0.25) is 15.5 Å². The Kier molecular flexibility index (Phi) is 7.06. The third-order valence-corrected chi connectivity index (χ3v) is 3.19. The number of hydrogen-bond acceptors (Lipinski definition) is 9. The van der Waals surface area contributed by atoms with Gasteiger partial charge < -0.3 is 14.2 Å².